The largest absolute Gasteiger partial charge is 0.265 e. The third-order valence-electron chi connectivity index (χ3n) is 4.80. The van der Waals surface area contributed by atoms with Crippen LogP contribution in [0.25, 0.3) is 0 Å². The molecule has 1 unspecified atom stereocenters. The van der Waals surface area contributed by atoms with E-state index in [9.17, 15) is 0 Å². The molecule has 120 valence electrons. The summed E-state index contributed by atoms with van der Waals surface area (Å²) in [6.07, 6.45) is 17.8. The Bertz CT molecular complexity index is 333. The van der Waals surface area contributed by atoms with Gasteiger partial charge >= 0.3 is 0 Å². The summed E-state index contributed by atoms with van der Waals surface area (Å²) in [5.41, 5.74) is 1.47. The highest BCUT2D eigenvalue weighted by molar-refractivity contribution is 5.15. The fourth-order valence-corrected chi connectivity index (χ4v) is 3.25. The number of rotatable bonds is 12. The van der Waals surface area contributed by atoms with Crippen molar-refractivity contribution < 1.29 is 0 Å². The molecule has 0 aromatic carbocycles. The maximum Gasteiger partial charge on any atom is 0.0270 e. The Morgan fingerprint density at radius 3 is 1.95 bits per heavy atom. The average Bonchev–Trinajstić information content (AvgIpc) is 2.53. The van der Waals surface area contributed by atoms with Gasteiger partial charge in [-0.05, 0) is 42.4 Å². The second-order valence-corrected chi connectivity index (χ2v) is 6.53. The molecule has 1 heterocycles. The van der Waals surface area contributed by atoms with E-state index in [1.54, 1.807) is 0 Å². The molecule has 0 N–H and O–H groups in total. The van der Waals surface area contributed by atoms with Crippen molar-refractivity contribution in [3.8, 4) is 0 Å². The van der Waals surface area contributed by atoms with Crippen molar-refractivity contribution in [2.24, 2.45) is 5.92 Å². The molecular formula is C20H35N. The van der Waals surface area contributed by atoms with Crippen LogP contribution in [0.5, 0.6) is 0 Å². The highest BCUT2D eigenvalue weighted by atomic mass is 14.6. The van der Waals surface area contributed by atoms with Crippen molar-refractivity contribution in [3.63, 3.8) is 0 Å². The number of pyridine rings is 1. The van der Waals surface area contributed by atoms with Crippen molar-refractivity contribution in [1.29, 1.82) is 0 Å². The maximum atomic E-state index is 4.16. The minimum atomic E-state index is 0.677. The van der Waals surface area contributed by atoms with E-state index in [1.165, 1.54) is 69.8 Å². The Labute approximate surface area is 132 Å². The van der Waals surface area contributed by atoms with Crippen LogP contribution in [-0.4, -0.2) is 4.98 Å². The minimum absolute atomic E-state index is 0.677. The van der Waals surface area contributed by atoms with Crippen LogP contribution in [0.2, 0.25) is 0 Å². The smallest absolute Gasteiger partial charge is 0.0270 e. The molecule has 0 radical (unpaired) electrons. The lowest BCUT2D eigenvalue weighted by Gasteiger charge is -2.24. The van der Waals surface area contributed by atoms with Crippen LogP contribution >= 0.6 is 0 Å². The first-order valence-corrected chi connectivity index (χ1v) is 9.19. The Hall–Kier alpha value is -0.850. The van der Waals surface area contributed by atoms with Gasteiger partial charge < -0.3 is 0 Å². The molecule has 0 fully saturated rings. The molecule has 0 aliphatic heterocycles. The fraction of sp³-hybridized carbons (Fsp3) is 0.750. The van der Waals surface area contributed by atoms with E-state index in [4.69, 9.17) is 0 Å². The van der Waals surface area contributed by atoms with E-state index in [0.717, 1.165) is 5.92 Å². The first kappa shape index (κ1) is 18.2. The number of nitrogens with zero attached hydrogens (tertiary/aromatic N) is 1. The molecule has 1 heteroatoms. The standard InChI is InChI=1S/C20H35N/c1-4-6-8-9-11-13-19(12-10-7-5-2)18(3)20-14-16-21-17-15-20/h14-19H,4-13H2,1-3H3/t18-,19?/m0/s1. The van der Waals surface area contributed by atoms with Crippen molar-refractivity contribution in [1.82, 2.24) is 4.98 Å². The Kier molecular flexibility index (Phi) is 10.2. The number of hydrogen-bond donors (Lipinski definition) is 0. The van der Waals surface area contributed by atoms with Crippen LogP contribution in [0.3, 0.4) is 0 Å². The van der Waals surface area contributed by atoms with Gasteiger partial charge in [-0.2, -0.15) is 0 Å². The van der Waals surface area contributed by atoms with E-state index in [2.05, 4.69) is 37.9 Å². The van der Waals surface area contributed by atoms with E-state index in [1.807, 2.05) is 12.4 Å². The van der Waals surface area contributed by atoms with Gasteiger partial charge in [-0.25, -0.2) is 0 Å². The van der Waals surface area contributed by atoms with Crippen LogP contribution in [0.1, 0.15) is 96.5 Å². The number of unbranched alkanes of at least 4 members (excludes halogenated alkanes) is 6. The molecule has 0 aliphatic carbocycles. The van der Waals surface area contributed by atoms with Crippen molar-refractivity contribution in [3.05, 3.63) is 30.1 Å². The summed E-state index contributed by atoms with van der Waals surface area (Å²) in [5, 5.41) is 0. The van der Waals surface area contributed by atoms with Crippen LogP contribution in [0.15, 0.2) is 24.5 Å². The van der Waals surface area contributed by atoms with Gasteiger partial charge in [-0.1, -0.05) is 72.1 Å². The summed E-state index contributed by atoms with van der Waals surface area (Å²) in [6.45, 7) is 7.00. The van der Waals surface area contributed by atoms with E-state index < -0.39 is 0 Å². The number of hydrogen-bond acceptors (Lipinski definition) is 1. The Morgan fingerprint density at radius 2 is 1.33 bits per heavy atom. The molecule has 1 nitrogen and oxygen atoms in total. The van der Waals surface area contributed by atoms with E-state index >= 15 is 0 Å². The lowest BCUT2D eigenvalue weighted by Crippen LogP contribution is -2.11. The van der Waals surface area contributed by atoms with Gasteiger partial charge in [-0.15, -0.1) is 0 Å². The van der Waals surface area contributed by atoms with Gasteiger partial charge in [-0.3, -0.25) is 4.98 Å². The molecule has 0 bridgehead atoms. The highest BCUT2D eigenvalue weighted by Gasteiger charge is 2.18. The summed E-state index contributed by atoms with van der Waals surface area (Å²) in [6, 6.07) is 4.41. The van der Waals surface area contributed by atoms with Gasteiger partial charge in [0.1, 0.15) is 0 Å². The zero-order valence-electron chi connectivity index (χ0n) is 14.5. The summed E-state index contributed by atoms with van der Waals surface area (Å²) in [5.74, 6) is 1.52. The molecule has 1 rings (SSSR count). The molecule has 2 atom stereocenters. The third kappa shape index (κ3) is 7.64. The first-order valence-electron chi connectivity index (χ1n) is 9.19. The minimum Gasteiger partial charge on any atom is -0.265 e. The molecule has 0 amide bonds. The second-order valence-electron chi connectivity index (χ2n) is 6.53. The lowest BCUT2D eigenvalue weighted by molar-refractivity contribution is 0.357. The summed E-state index contributed by atoms with van der Waals surface area (Å²) in [7, 11) is 0. The normalized spacial score (nSPS) is 14.0. The second kappa shape index (κ2) is 11.8. The van der Waals surface area contributed by atoms with E-state index in [-0.39, 0.29) is 0 Å². The summed E-state index contributed by atoms with van der Waals surface area (Å²) < 4.78 is 0. The lowest BCUT2D eigenvalue weighted by atomic mass is 9.81. The molecule has 1 aromatic rings. The van der Waals surface area contributed by atoms with Gasteiger partial charge in [0.05, 0.1) is 0 Å². The molecule has 0 spiro atoms. The summed E-state index contributed by atoms with van der Waals surface area (Å²) >= 11 is 0. The first-order chi connectivity index (χ1) is 10.3. The molecule has 0 aliphatic rings. The Balaban J connectivity index is 2.46. The quantitative estimate of drug-likeness (QED) is 0.388. The van der Waals surface area contributed by atoms with Crippen LogP contribution in [0, 0.1) is 5.92 Å². The van der Waals surface area contributed by atoms with Crippen LogP contribution in [-0.2, 0) is 0 Å². The van der Waals surface area contributed by atoms with Crippen LogP contribution < -0.4 is 0 Å². The van der Waals surface area contributed by atoms with Crippen molar-refractivity contribution >= 4 is 0 Å². The fourth-order valence-electron chi connectivity index (χ4n) is 3.25. The molecule has 0 saturated carbocycles. The monoisotopic (exact) mass is 289 g/mol. The van der Waals surface area contributed by atoms with Crippen molar-refractivity contribution in [2.45, 2.75) is 90.9 Å². The number of aromatic nitrogens is 1. The van der Waals surface area contributed by atoms with Gasteiger partial charge in [0.15, 0.2) is 0 Å². The predicted octanol–water partition coefficient (Wildman–Crippen LogP) is 6.74. The molecular weight excluding hydrogens is 254 g/mol. The zero-order chi connectivity index (χ0) is 15.3. The summed E-state index contributed by atoms with van der Waals surface area (Å²) in [4.78, 5) is 4.16. The maximum absolute atomic E-state index is 4.16. The van der Waals surface area contributed by atoms with Crippen LogP contribution in [0.4, 0.5) is 0 Å². The molecule has 1 aromatic heterocycles. The SMILES string of the molecule is CCCCCCCC(CCCCC)[C@H](C)c1ccncc1. The topological polar surface area (TPSA) is 12.9 Å². The highest BCUT2D eigenvalue weighted by Crippen LogP contribution is 2.32. The van der Waals surface area contributed by atoms with Gasteiger partial charge in [0.2, 0.25) is 0 Å². The zero-order valence-corrected chi connectivity index (χ0v) is 14.5. The third-order valence-corrected chi connectivity index (χ3v) is 4.80. The average molecular weight is 290 g/mol. The van der Waals surface area contributed by atoms with E-state index in [0.29, 0.717) is 5.92 Å². The van der Waals surface area contributed by atoms with Gasteiger partial charge in [0, 0.05) is 12.4 Å². The molecule has 0 saturated heterocycles. The Morgan fingerprint density at radius 1 is 0.810 bits per heavy atom. The van der Waals surface area contributed by atoms with Gasteiger partial charge in [0.25, 0.3) is 0 Å². The molecule has 21 heavy (non-hydrogen) atoms. The predicted molar refractivity (Wildman–Crippen MR) is 93.7 cm³/mol. The van der Waals surface area contributed by atoms with Crippen molar-refractivity contribution in [2.75, 3.05) is 0 Å².